The molecule has 0 bridgehead atoms. The van der Waals surface area contributed by atoms with E-state index in [1.165, 1.54) is 24.0 Å². The Hall–Kier alpha value is -1.64. The van der Waals surface area contributed by atoms with Gasteiger partial charge in [0.2, 0.25) is 0 Å². The van der Waals surface area contributed by atoms with Crippen molar-refractivity contribution in [2.24, 2.45) is 5.41 Å². The minimum atomic E-state index is -0.341. The van der Waals surface area contributed by atoms with Crippen molar-refractivity contribution in [2.75, 3.05) is 6.54 Å². The summed E-state index contributed by atoms with van der Waals surface area (Å²) in [6.45, 7) is 0.926. The van der Waals surface area contributed by atoms with Gasteiger partial charge in [-0.15, -0.1) is 0 Å². The molecule has 0 aliphatic heterocycles. The topological polar surface area (TPSA) is 32.3 Å². The van der Waals surface area contributed by atoms with Gasteiger partial charge in [0, 0.05) is 18.0 Å². The van der Waals surface area contributed by atoms with E-state index in [9.17, 15) is 5.11 Å². The number of aryl methyl sites for hydroxylation is 1. The first-order chi connectivity index (χ1) is 11.3. The number of aliphatic hydroxyl groups excluding tert-OH is 1. The van der Waals surface area contributed by atoms with Crippen LogP contribution in [0.25, 0.3) is 0 Å². The molecule has 1 saturated carbocycles. The Labute approximate surface area is 138 Å². The largest absolute Gasteiger partial charge is 0.388 e. The second-order valence-electron chi connectivity index (χ2n) is 7.26. The molecule has 2 atom stereocenters. The van der Waals surface area contributed by atoms with E-state index < -0.39 is 0 Å². The van der Waals surface area contributed by atoms with Crippen LogP contribution < -0.4 is 5.32 Å². The van der Waals surface area contributed by atoms with E-state index in [1.807, 2.05) is 30.3 Å². The lowest BCUT2D eigenvalue weighted by atomic mass is 9.87. The molecule has 0 radical (unpaired) electrons. The third kappa shape index (κ3) is 3.06. The smallest absolute Gasteiger partial charge is 0.0858 e. The first-order valence-electron chi connectivity index (χ1n) is 8.80. The Morgan fingerprint density at radius 1 is 1.00 bits per heavy atom. The Bertz CT molecular complexity index is 663. The van der Waals surface area contributed by atoms with Gasteiger partial charge in [-0.25, -0.2) is 0 Å². The summed E-state index contributed by atoms with van der Waals surface area (Å²) in [4.78, 5) is 0. The Morgan fingerprint density at radius 2 is 1.70 bits per heavy atom. The van der Waals surface area contributed by atoms with E-state index in [2.05, 4.69) is 29.6 Å². The molecule has 2 aromatic rings. The van der Waals surface area contributed by atoms with Gasteiger partial charge in [0.05, 0.1) is 6.10 Å². The molecular formula is C21H25NO. The molecule has 2 heteroatoms. The molecule has 0 saturated heterocycles. The summed E-state index contributed by atoms with van der Waals surface area (Å²) in [6, 6.07) is 19.5. The predicted octanol–water partition coefficient (Wildman–Crippen LogP) is 3.65. The molecule has 0 amide bonds. The lowest BCUT2D eigenvalue weighted by Crippen LogP contribution is -2.39. The average Bonchev–Trinajstić information content (AvgIpc) is 3.41. The SMILES string of the molecule is OC(c1ccccc1)C1(CNC2CCc3ccccc3C2)CC1. The van der Waals surface area contributed by atoms with Gasteiger partial charge in [-0.1, -0.05) is 54.6 Å². The van der Waals surface area contributed by atoms with Crippen molar-refractivity contribution in [1.82, 2.24) is 5.32 Å². The van der Waals surface area contributed by atoms with Gasteiger partial charge in [0.15, 0.2) is 0 Å². The van der Waals surface area contributed by atoms with Crippen LogP contribution in [0.1, 0.15) is 42.1 Å². The van der Waals surface area contributed by atoms with Crippen molar-refractivity contribution in [1.29, 1.82) is 0 Å². The number of nitrogens with one attached hydrogen (secondary N) is 1. The van der Waals surface area contributed by atoms with Crippen LogP contribution in [0.15, 0.2) is 54.6 Å². The lowest BCUT2D eigenvalue weighted by Gasteiger charge is -2.29. The zero-order valence-corrected chi connectivity index (χ0v) is 13.5. The van der Waals surface area contributed by atoms with E-state index in [0.717, 1.165) is 31.4 Å². The van der Waals surface area contributed by atoms with Crippen LogP contribution in [0.4, 0.5) is 0 Å². The van der Waals surface area contributed by atoms with Crippen LogP contribution in [0.2, 0.25) is 0 Å². The zero-order chi connectivity index (χ0) is 15.7. The van der Waals surface area contributed by atoms with Gasteiger partial charge in [0.1, 0.15) is 0 Å². The lowest BCUT2D eigenvalue weighted by molar-refractivity contribution is 0.0895. The van der Waals surface area contributed by atoms with E-state index >= 15 is 0 Å². The minimum Gasteiger partial charge on any atom is -0.388 e. The Kier molecular flexibility index (Phi) is 3.96. The summed E-state index contributed by atoms with van der Waals surface area (Å²) in [5.41, 5.74) is 4.11. The maximum absolute atomic E-state index is 10.8. The second kappa shape index (κ2) is 6.10. The number of benzene rings is 2. The summed E-state index contributed by atoms with van der Waals surface area (Å²) in [5, 5.41) is 14.5. The number of hydrogen-bond donors (Lipinski definition) is 2. The number of hydrogen-bond acceptors (Lipinski definition) is 2. The van der Waals surface area contributed by atoms with Crippen LogP contribution in [-0.4, -0.2) is 17.7 Å². The fraction of sp³-hybridized carbons (Fsp3) is 0.429. The van der Waals surface area contributed by atoms with E-state index in [4.69, 9.17) is 0 Å². The summed E-state index contributed by atoms with van der Waals surface area (Å²) < 4.78 is 0. The summed E-state index contributed by atoms with van der Waals surface area (Å²) in [6.07, 6.45) is 5.40. The number of fused-ring (bicyclic) bond motifs is 1. The molecule has 0 spiro atoms. The van der Waals surface area contributed by atoms with Crippen LogP contribution in [-0.2, 0) is 12.8 Å². The molecule has 2 aromatic carbocycles. The zero-order valence-electron chi connectivity index (χ0n) is 13.5. The number of rotatable bonds is 5. The number of aliphatic hydroxyl groups is 1. The highest BCUT2D eigenvalue weighted by molar-refractivity contribution is 5.30. The van der Waals surface area contributed by atoms with Crippen molar-refractivity contribution in [3.8, 4) is 0 Å². The van der Waals surface area contributed by atoms with Gasteiger partial charge in [-0.05, 0) is 48.8 Å². The van der Waals surface area contributed by atoms with Crippen LogP contribution in [0.5, 0.6) is 0 Å². The monoisotopic (exact) mass is 307 g/mol. The highest BCUT2D eigenvalue weighted by atomic mass is 16.3. The average molecular weight is 307 g/mol. The minimum absolute atomic E-state index is 0.0539. The van der Waals surface area contributed by atoms with Crippen molar-refractivity contribution in [3.63, 3.8) is 0 Å². The molecule has 2 aliphatic carbocycles. The second-order valence-corrected chi connectivity index (χ2v) is 7.26. The standard InChI is InChI=1S/C21H25NO/c23-20(17-7-2-1-3-8-17)21(12-13-21)15-22-19-11-10-16-6-4-5-9-18(16)14-19/h1-9,19-20,22-23H,10-15H2. The maximum Gasteiger partial charge on any atom is 0.0858 e. The van der Waals surface area contributed by atoms with Gasteiger partial charge in [-0.3, -0.25) is 0 Å². The van der Waals surface area contributed by atoms with E-state index in [0.29, 0.717) is 6.04 Å². The summed E-state index contributed by atoms with van der Waals surface area (Å²) in [7, 11) is 0. The van der Waals surface area contributed by atoms with Gasteiger partial charge in [0.25, 0.3) is 0 Å². The molecule has 2 aliphatic rings. The molecule has 2 unspecified atom stereocenters. The molecule has 2 N–H and O–H groups in total. The third-order valence-electron chi connectivity index (χ3n) is 5.68. The molecule has 0 aromatic heterocycles. The normalized spacial score (nSPS) is 23.1. The molecule has 120 valence electrons. The molecule has 4 rings (SSSR count). The molecule has 2 nitrogen and oxygen atoms in total. The quantitative estimate of drug-likeness (QED) is 0.884. The molecule has 23 heavy (non-hydrogen) atoms. The van der Waals surface area contributed by atoms with Gasteiger partial charge >= 0.3 is 0 Å². The first-order valence-corrected chi connectivity index (χ1v) is 8.80. The van der Waals surface area contributed by atoms with Gasteiger partial charge < -0.3 is 10.4 Å². The Morgan fingerprint density at radius 3 is 2.43 bits per heavy atom. The molecule has 1 fully saturated rings. The fourth-order valence-corrected chi connectivity index (χ4v) is 3.92. The predicted molar refractivity (Wildman–Crippen MR) is 93.3 cm³/mol. The highest BCUT2D eigenvalue weighted by Gasteiger charge is 2.49. The molecular weight excluding hydrogens is 282 g/mol. The van der Waals surface area contributed by atoms with E-state index in [1.54, 1.807) is 0 Å². The highest BCUT2D eigenvalue weighted by Crippen LogP contribution is 2.54. The fourth-order valence-electron chi connectivity index (χ4n) is 3.92. The summed E-state index contributed by atoms with van der Waals surface area (Å²) >= 11 is 0. The van der Waals surface area contributed by atoms with Crippen molar-refractivity contribution < 1.29 is 5.11 Å². The van der Waals surface area contributed by atoms with Crippen LogP contribution in [0, 0.1) is 5.41 Å². The first kappa shape index (κ1) is 14.9. The van der Waals surface area contributed by atoms with Crippen molar-refractivity contribution in [2.45, 2.75) is 44.2 Å². The van der Waals surface area contributed by atoms with Crippen molar-refractivity contribution in [3.05, 3.63) is 71.3 Å². The third-order valence-corrected chi connectivity index (χ3v) is 5.68. The van der Waals surface area contributed by atoms with Crippen LogP contribution >= 0.6 is 0 Å². The van der Waals surface area contributed by atoms with Gasteiger partial charge in [-0.2, -0.15) is 0 Å². The van der Waals surface area contributed by atoms with Crippen LogP contribution in [0.3, 0.4) is 0 Å². The molecule has 0 heterocycles. The Balaban J connectivity index is 1.38. The van der Waals surface area contributed by atoms with E-state index in [-0.39, 0.29) is 11.5 Å². The maximum atomic E-state index is 10.8. The van der Waals surface area contributed by atoms with Crippen molar-refractivity contribution >= 4 is 0 Å². The summed E-state index contributed by atoms with van der Waals surface area (Å²) in [5.74, 6) is 0.